The van der Waals surface area contributed by atoms with Crippen LogP contribution in [-0.4, -0.2) is 43.8 Å². The highest BCUT2D eigenvalue weighted by molar-refractivity contribution is 5.75. The highest BCUT2D eigenvalue weighted by Gasteiger charge is 2.30. The Morgan fingerprint density at radius 1 is 1.10 bits per heavy atom. The number of fused-ring (bicyclic) bond motifs is 2. The molecule has 29 heavy (non-hydrogen) atoms. The number of benzene rings is 1. The van der Waals surface area contributed by atoms with Gasteiger partial charge in [0.1, 0.15) is 12.4 Å². The van der Waals surface area contributed by atoms with Gasteiger partial charge >= 0.3 is 5.69 Å². The van der Waals surface area contributed by atoms with Crippen molar-refractivity contribution < 1.29 is 4.79 Å². The number of rotatable bonds is 5. The van der Waals surface area contributed by atoms with Gasteiger partial charge in [-0.15, -0.1) is 0 Å². The Bertz CT molecular complexity index is 943. The second-order valence-electron chi connectivity index (χ2n) is 8.85. The molecule has 0 saturated carbocycles. The highest BCUT2D eigenvalue weighted by atomic mass is 16.2. The molecule has 0 radical (unpaired) electrons. The quantitative estimate of drug-likeness (QED) is 0.834. The first-order valence-electron chi connectivity index (χ1n) is 10.7. The Kier molecular flexibility index (Phi) is 5.58. The molecule has 1 aromatic heterocycles. The number of aromatic nitrogens is 3. The van der Waals surface area contributed by atoms with E-state index in [4.69, 9.17) is 0 Å². The maximum absolute atomic E-state index is 12.5. The van der Waals surface area contributed by atoms with Crippen LogP contribution in [0.5, 0.6) is 0 Å². The van der Waals surface area contributed by atoms with Crippen molar-refractivity contribution in [2.75, 3.05) is 13.1 Å². The second-order valence-corrected chi connectivity index (χ2v) is 8.85. The molecule has 2 aromatic rings. The molecule has 0 atom stereocenters. The van der Waals surface area contributed by atoms with Crippen molar-refractivity contribution in [3.05, 3.63) is 51.7 Å². The zero-order valence-electron chi connectivity index (χ0n) is 17.5. The molecule has 4 rings (SSSR count). The second kappa shape index (κ2) is 8.14. The molecule has 0 aliphatic carbocycles. The fourth-order valence-electron chi connectivity index (χ4n) is 4.36. The van der Waals surface area contributed by atoms with E-state index in [-0.39, 0.29) is 23.7 Å². The van der Waals surface area contributed by atoms with Gasteiger partial charge in [-0.25, -0.2) is 9.48 Å². The third-order valence-electron chi connectivity index (χ3n) is 6.28. The molecule has 0 unspecified atom stereocenters. The Morgan fingerprint density at radius 2 is 1.90 bits per heavy atom. The summed E-state index contributed by atoms with van der Waals surface area (Å²) in [6.45, 7) is 7.42. The van der Waals surface area contributed by atoms with Crippen molar-refractivity contribution in [3.8, 4) is 0 Å². The van der Waals surface area contributed by atoms with E-state index in [1.165, 1.54) is 15.8 Å². The first-order chi connectivity index (χ1) is 13.9. The van der Waals surface area contributed by atoms with Crippen LogP contribution < -0.4 is 11.0 Å². The molecule has 0 spiro atoms. The fourth-order valence-corrected chi connectivity index (χ4v) is 4.36. The Hall–Kier alpha value is -2.41. The summed E-state index contributed by atoms with van der Waals surface area (Å²) < 4.78 is 3.05. The van der Waals surface area contributed by atoms with Crippen molar-refractivity contribution >= 4 is 5.91 Å². The molecule has 7 nitrogen and oxygen atoms in total. The lowest BCUT2D eigenvalue weighted by Crippen LogP contribution is -2.53. The molecule has 1 N–H and O–H groups in total. The normalized spacial score (nSPS) is 17.3. The first-order valence-corrected chi connectivity index (χ1v) is 10.7. The molecule has 0 bridgehead atoms. The van der Waals surface area contributed by atoms with Crippen LogP contribution >= 0.6 is 0 Å². The van der Waals surface area contributed by atoms with Gasteiger partial charge in [0.2, 0.25) is 5.91 Å². The van der Waals surface area contributed by atoms with Crippen LogP contribution in [-0.2, 0) is 37.3 Å². The van der Waals surface area contributed by atoms with E-state index in [0.29, 0.717) is 13.1 Å². The molecule has 7 heteroatoms. The van der Waals surface area contributed by atoms with Crippen LogP contribution in [0.15, 0.2) is 29.1 Å². The van der Waals surface area contributed by atoms with Gasteiger partial charge < -0.3 is 5.32 Å². The van der Waals surface area contributed by atoms with Crippen LogP contribution in [0.25, 0.3) is 0 Å². The SMILES string of the molecule is CC(C)(CNC(=O)Cn1nc2n(c1=O)CCCCC2)N1CCc2ccccc2C1. The zero-order chi connectivity index (χ0) is 20.4. The van der Waals surface area contributed by atoms with E-state index in [2.05, 4.69) is 53.4 Å². The average Bonchev–Trinajstić information content (AvgIpc) is 2.87. The van der Waals surface area contributed by atoms with Gasteiger partial charge in [0.15, 0.2) is 0 Å². The van der Waals surface area contributed by atoms with Gasteiger partial charge in [0.25, 0.3) is 0 Å². The summed E-state index contributed by atoms with van der Waals surface area (Å²) in [7, 11) is 0. The number of carbonyl (C=O) groups is 1. The van der Waals surface area contributed by atoms with E-state index in [1.807, 2.05) is 0 Å². The minimum Gasteiger partial charge on any atom is -0.353 e. The van der Waals surface area contributed by atoms with Gasteiger partial charge in [-0.2, -0.15) is 5.10 Å². The van der Waals surface area contributed by atoms with Gasteiger partial charge in [0.05, 0.1) is 0 Å². The third kappa shape index (κ3) is 4.29. The number of hydrogen-bond donors (Lipinski definition) is 1. The smallest absolute Gasteiger partial charge is 0.346 e. The molecule has 1 amide bonds. The molecule has 1 aromatic carbocycles. The van der Waals surface area contributed by atoms with Crippen LogP contribution in [0.4, 0.5) is 0 Å². The van der Waals surface area contributed by atoms with Crippen molar-refractivity contribution in [2.24, 2.45) is 0 Å². The van der Waals surface area contributed by atoms with Crippen molar-refractivity contribution in [2.45, 2.75) is 71.1 Å². The lowest BCUT2D eigenvalue weighted by molar-refractivity contribution is -0.122. The number of nitrogens with one attached hydrogen (secondary N) is 1. The lowest BCUT2D eigenvalue weighted by atomic mass is 9.94. The summed E-state index contributed by atoms with van der Waals surface area (Å²) in [4.78, 5) is 27.5. The molecule has 2 aliphatic rings. The largest absolute Gasteiger partial charge is 0.353 e. The summed E-state index contributed by atoms with van der Waals surface area (Å²) in [5, 5.41) is 7.43. The molecule has 2 aliphatic heterocycles. The molecular formula is C22H31N5O2. The Morgan fingerprint density at radius 3 is 2.72 bits per heavy atom. The van der Waals surface area contributed by atoms with Gasteiger partial charge in [-0.3, -0.25) is 14.3 Å². The summed E-state index contributed by atoms with van der Waals surface area (Å²) in [6, 6.07) is 8.57. The van der Waals surface area contributed by atoms with Crippen LogP contribution in [0, 0.1) is 0 Å². The van der Waals surface area contributed by atoms with E-state index in [1.54, 1.807) is 4.57 Å². The topological polar surface area (TPSA) is 72.2 Å². The Labute approximate surface area is 171 Å². The molecule has 156 valence electrons. The molecule has 0 saturated heterocycles. The number of carbonyl (C=O) groups excluding carboxylic acids is 1. The monoisotopic (exact) mass is 397 g/mol. The lowest BCUT2D eigenvalue weighted by Gasteiger charge is -2.41. The third-order valence-corrected chi connectivity index (χ3v) is 6.28. The van der Waals surface area contributed by atoms with Crippen LogP contribution in [0.2, 0.25) is 0 Å². The van der Waals surface area contributed by atoms with Crippen LogP contribution in [0.1, 0.15) is 50.1 Å². The summed E-state index contributed by atoms with van der Waals surface area (Å²) in [6.07, 6.45) is 5.02. The molecule has 3 heterocycles. The van der Waals surface area contributed by atoms with Crippen molar-refractivity contribution in [1.29, 1.82) is 0 Å². The van der Waals surface area contributed by atoms with E-state index < -0.39 is 0 Å². The number of amides is 1. The number of hydrogen-bond acceptors (Lipinski definition) is 4. The van der Waals surface area contributed by atoms with Gasteiger partial charge in [-0.05, 0) is 44.2 Å². The minimum absolute atomic E-state index is 0.0161. The summed E-state index contributed by atoms with van der Waals surface area (Å²) in [5.41, 5.74) is 2.45. The van der Waals surface area contributed by atoms with Crippen LogP contribution in [0.3, 0.4) is 0 Å². The maximum atomic E-state index is 12.5. The summed E-state index contributed by atoms with van der Waals surface area (Å²) in [5.74, 6) is 0.651. The predicted octanol–water partition coefficient (Wildman–Crippen LogP) is 1.72. The van der Waals surface area contributed by atoms with Crippen molar-refractivity contribution in [3.63, 3.8) is 0 Å². The Balaban J connectivity index is 1.35. The fraction of sp³-hybridized carbons (Fsp3) is 0.591. The zero-order valence-corrected chi connectivity index (χ0v) is 17.5. The average molecular weight is 398 g/mol. The van der Waals surface area contributed by atoms with E-state index in [0.717, 1.165) is 51.0 Å². The minimum atomic E-state index is -0.167. The number of aryl methyl sites for hydroxylation is 1. The maximum Gasteiger partial charge on any atom is 0.346 e. The summed E-state index contributed by atoms with van der Waals surface area (Å²) >= 11 is 0. The molecular weight excluding hydrogens is 366 g/mol. The first kappa shape index (κ1) is 19.9. The molecule has 0 fully saturated rings. The van der Waals surface area contributed by atoms with Gasteiger partial charge in [0, 0.05) is 38.1 Å². The highest BCUT2D eigenvalue weighted by Crippen LogP contribution is 2.24. The number of nitrogens with zero attached hydrogens (tertiary/aromatic N) is 4. The predicted molar refractivity (Wildman–Crippen MR) is 112 cm³/mol. The van der Waals surface area contributed by atoms with Crippen molar-refractivity contribution in [1.82, 2.24) is 24.6 Å². The van der Waals surface area contributed by atoms with E-state index in [9.17, 15) is 9.59 Å². The van der Waals surface area contributed by atoms with E-state index >= 15 is 0 Å². The van der Waals surface area contributed by atoms with Gasteiger partial charge in [-0.1, -0.05) is 30.7 Å². The standard InChI is InChI=1S/C22H31N5O2/c1-22(2,25-13-11-17-8-5-6-9-18(17)14-25)16-23-20(28)15-27-21(29)26-12-7-3-4-10-19(26)24-27/h5-6,8-9H,3-4,7,10-16H2,1-2H3,(H,23,28).